The average molecular weight is 313 g/mol. The Labute approximate surface area is 115 Å². The highest BCUT2D eigenvalue weighted by molar-refractivity contribution is 9.10. The third-order valence-electron chi connectivity index (χ3n) is 2.94. The van der Waals surface area contributed by atoms with Gasteiger partial charge in [-0.2, -0.15) is 0 Å². The number of halogens is 1. The average Bonchev–Trinajstić information content (AvgIpc) is 3.17. The van der Waals surface area contributed by atoms with Gasteiger partial charge < -0.3 is 9.64 Å². The lowest BCUT2D eigenvalue weighted by Crippen LogP contribution is -2.30. The van der Waals surface area contributed by atoms with Gasteiger partial charge in [-0.25, -0.2) is 4.98 Å². The number of rotatable bonds is 6. The predicted molar refractivity (Wildman–Crippen MR) is 72.4 cm³/mol. The number of likely N-dealkylation sites (N-methyl/N-ethyl adjacent to an activating group) is 1. The van der Waals surface area contributed by atoms with Gasteiger partial charge in [0.2, 0.25) is 0 Å². The maximum Gasteiger partial charge on any atom is 0.253 e. The third-order valence-corrected chi connectivity index (χ3v) is 3.38. The van der Waals surface area contributed by atoms with Crippen LogP contribution in [0, 0.1) is 5.92 Å². The molecule has 1 aromatic heterocycles. The van der Waals surface area contributed by atoms with Gasteiger partial charge in [-0.1, -0.05) is 0 Å². The second-order valence-corrected chi connectivity index (χ2v) is 5.42. The largest absolute Gasteiger partial charge is 0.379 e. The van der Waals surface area contributed by atoms with Gasteiger partial charge in [0, 0.05) is 32.0 Å². The summed E-state index contributed by atoms with van der Waals surface area (Å²) in [6, 6.07) is 3.44. The first-order valence-electron chi connectivity index (χ1n) is 6.11. The summed E-state index contributed by atoms with van der Waals surface area (Å²) in [5.41, 5.74) is 0.640. The van der Waals surface area contributed by atoms with E-state index in [1.54, 1.807) is 30.3 Å². The van der Waals surface area contributed by atoms with Crippen molar-refractivity contribution < 1.29 is 9.53 Å². The molecule has 1 saturated carbocycles. The third kappa shape index (κ3) is 4.07. The van der Waals surface area contributed by atoms with Crippen LogP contribution >= 0.6 is 15.9 Å². The van der Waals surface area contributed by atoms with E-state index in [2.05, 4.69) is 20.9 Å². The topological polar surface area (TPSA) is 42.4 Å². The van der Waals surface area contributed by atoms with Gasteiger partial charge in [0.15, 0.2) is 0 Å². The second kappa shape index (κ2) is 6.29. The SMILES string of the molecule is CN(CCOCC1CC1)C(=O)c1ccnc(Br)c1. The van der Waals surface area contributed by atoms with E-state index in [9.17, 15) is 4.79 Å². The quantitative estimate of drug-likeness (QED) is 0.598. The maximum absolute atomic E-state index is 12.1. The summed E-state index contributed by atoms with van der Waals surface area (Å²) >= 11 is 3.26. The molecule has 1 fully saturated rings. The van der Waals surface area contributed by atoms with Gasteiger partial charge >= 0.3 is 0 Å². The molecular weight excluding hydrogens is 296 g/mol. The van der Waals surface area contributed by atoms with Crippen LogP contribution in [0.4, 0.5) is 0 Å². The molecular formula is C13H17BrN2O2. The predicted octanol–water partition coefficient (Wildman–Crippen LogP) is 2.34. The standard InChI is InChI=1S/C13H17BrN2O2/c1-16(6-7-18-9-10-2-3-10)13(17)11-4-5-15-12(14)8-11/h4-5,8,10H,2-3,6-7,9H2,1H3. The number of amides is 1. The fourth-order valence-corrected chi connectivity index (χ4v) is 1.96. The van der Waals surface area contributed by atoms with Crippen LogP contribution in [0.25, 0.3) is 0 Å². The first-order chi connectivity index (χ1) is 8.66. The van der Waals surface area contributed by atoms with E-state index in [1.807, 2.05) is 0 Å². The summed E-state index contributed by atoms with van der Waals surface area (Å²) in [6.45, 7) is 2.05. The van der Waals surface area contributed by atoms with Crippen molar-refractivity contribution in [2.75, 3.05) is 26.8 Å². The van der Waals surface area contributed by atoms with Crippen molar-refractivity contribution in [3.63, 3.8) is 0 Å². The monoisotopic (exact) mass is 312 g/mol. The van der Waals surface area contributed by atoms with Gasteiger partial charge in [0.1, 0.15) is 4.60 Å². The van der Waals surface area contributed by atoms with Gasteiger partial charge in [0.25, 0.3) is 5.91 Å². The van der Waals surface area contributed by atoms with Gasteiger partial charge in [-0.15, -0.1) is 0 Å². The Kier molecular flexibility index (Phi) is 4.72. The Balaban J connectivity index is 1.76. The lowest BCUT2D eigenvalue weighted by molar-refractivity contribution is 0.0681. The minimum atomic E-state index is -0.00637. The molecule has 1 amide bonds. The molecule has 0 bridgehead atoms. The van der Waals surface area contributed by atoms with Crippen molar-refractivity contribution in [2.24, 2.45) is 5.92 Å². The lowest BCUT2D eigenvalue weighted by atomic mass is 10.2. The molecule has 0 N–H and O–H groups in total. The number of hydrogen-bond acceptors (Lipinski definition) is 3. The number of ether oxygens (including phenoxy) is 1. The first kappa shape index (κ1) is 13.5. The van der Waals surface area contributed by atoms with Crippen molar-refractivity contribution in [1.29, 1.82) is 0 Å². The van der Waals surface area contributed by atoms with Gasteiger partial charge in [-0.05, 0) is 46.8 Å². The zero-order valence-electron chi connectivity index (χ0n) is 10.4. The van der Waals surface area contributed by atoms with E-state index in [0.29, 0.717) is 23.3 Å². The summed E-state index contributed by atoms with van der Waals surface area (Å²) < 4.78 is 6.20. The Morgan fingerprint density at radius 3 is 3.06 bits per heavy atom. The minimum Gasteiger partial charge on any atom is -0.379 e. The van der Waals surface area contributed by atoms with E-state index in [0.717, 1.165) is 12.5 Å². The molecule has 1 aliphatic carbocycles. The van der Waals surface area contributed by atoms with Crippen LogP contribution in [0.1, 0.15) is 23.2 Å². The summed E-state index contributed by atoms with van der Waals surface area (Å²) in [5.74, 6) is 0.760. The Hall–Kier alpha value is -0.940. The highest BCUT2D eigenvalue weighted by Gasteiger charge is 2.21. The number of aromatic nitrogens is 1. The zero-order valence-corrected chi connectivity index (χ0v) is 12.0. The second-order valence-electron chi connectivity index (χ2n) is 4.61. The number of nitrogens with zero attached hydrogens (tertiary/aromatic N) is 2. The molecule has 0 saturated heterocycles. The summed E-state index contributed by atoms with van der Waals surface area (Å²) in [6.07, 6.45) is 4.20. The van der Waals surface area contributed by atoms with Gasteiger partial charge in [0.05, 0.1) is 6.61 Å². The number of hydrogen-bond donors (Lipinski definition) is 0. The van der Waals surface area contributed by atoms with Gasteiger partial charge in [-0.3, -0.25) is 4.79 Å². The Morgan fingerprint density at radius 1 is 1.61 bits per heavy atom. The normalized spacial score (nSPS) is 14.6. The fraction of sp³-hybridized carbons (Fsp3) is 0.538. The molecule has 98 valence electrons. The van der Waals surface area contributed by atoms with Crippen LogP contribution in [0.2, 0.25) is 0 Å². The van der Waals surface area contributed by atoms with E-state index >= 15 is 0 Å². The molecule has 0 aromatic carbocycles. The summed E-state index contributed by atoms with van der Waals surface area (Å²) in [7, 11) is 1.79. The molecule has 18 heavy (non-hydrogen) atoms. The van der Waals surface area contributed by atoms with Crippen LogP contribution in [-0.2, 0) is 4.74 Å². The molecule has 1 aromatic rings. The van der Waals surface area contributed by atoms with Crippen LogP contribution in [0.5, 0.6) is 0 Å². The van der Waals surface area contributed by atoms with Crippen molar-refractivity contribution in [1.82, 2.24) is 9.88 Å². The Bertz CT molecular complexity index is 421. The molecule has 5 heteroatoms. The molecule has 4 nitrogen and oxygen atoms in total. The van der Waals surface area contributed by atoms with E-state index in [4.69, 9.17) is 4.74 Å². The van der Waals surface area contributed by atoms with Crippen LogP contribution < -0.4 is 0 Å². The van der Waals surface area contributed by atoms with Crippen LogP contribution in [0.3, 0.4) is 0 Å². The van der Waals surface area contributed by atoms with Crippen LogP contribution in [0.15, 0.2) is 22.9 Å². The molecule has 1 aliphatic rings. The Morgan fingerprint density at radius 2 is 2.39 bits per heavy atom. The smallest absolute Gasteiger partial charge is 0.253 e. The molecule has 0 spiro atoms. The van der Waals surface area contributed by atoms with E-state index in [1.165, 1.54) is 12.8 Å². The maximum atomic E-state index is 12.1. The molecule has 0 aliphatic heterocycles. The van der Waals surface area contributed by atoms with Crippen molar-refractivity contribution >= 4 is 21.8 Å². The molecule has 0 atom stereocenters. The minimum absolute atomic E-state index is 0.00637. The highest BCUT2D eigenvalue weighted by Crippen LogP contribution is 2.28. The summed E-state index contributed by atoms with van der Waals surface area (Å²) in [5, 5.41) is 0. The highest BCUT2D eigenvalue weighted by atomic mass is 79.9. The molecule has 0 unspecified atom stereocenters. The number of carbonyl (C=O) groups excluding carboxylic acids is 1. The zero-order chi connectivity index (χ0) is 13.0. The number of pyridine rings is 1. The first-order valence-corrected chi connectivity index (χ1v) is 6.91. The van der Waals surface area contributed by atoms with Crippen molar-refractivity contribution in [2.45, 2.75) is 12.8 Å². The van der Waals surface area contributed by atoms with E-state index in [-0.39, 0.29) is 5.91 Å². The number of carbonyl (C=O) groups is 1. The lowest BCUT2D eigenvalue weighted by Gasteiger charge is -2.17. The summed E-state index contributed by atoms with van der Waals surface area (Å²) in [4.78, 5) is 17.7. The molecule has 1 heterocycles. The fourth-order valence-electron chi connectivity index (χ4n) is 1.59. The molecule has 0 radical (unpaired) electrons. The van der Waals surface area contributed by atoms with E-state index < -0.39 is 0 Å². The van der Waals surface area contributed by atoms with Crippen molar-refractivity contribution in [3.8, 4) is 0 Å². The molecule has 2 rings (SSSR count). The van der Waals surface area contributed by atoms with Crippen LogP contribution in [-0.4, -0.2) is 42.6 Å². The van der Waals surface area contributed by atoms with Crippen molar-refractivity contribution in [3.05, 3.63) is 28.5 Å².